The SMILES string of the molecule is CCCN(CCC)CCCCN(CC(=O)O)Cc1ccc(CN)cc1. The second-order valence-corrected chi connectivity index (χ2v) is 6.67. The highest BCUT2D eigenvalue weighted by molar-refractivity contribution is 5.69. The molecular weight excluding hydrogens is 314 g/mol. The van der Waals surface area contributed by atoms with Crippen LogP contribution in [0, 0.1) is 0 Å². The molecule has 0 unspecified atom stereocenters. The van der Waals surface area contributed by atoms with Gasteiger partial charge in [-0.2, -0.15) is 0 Å². The summed E-state index contributed by atoms with van der Waals surface area (Å²) in [5.74, 6) is -0.767. The zero-order valence-electron chi connectivity index (χ0n) is 15.9. The van der Waals surface area contributed by atoms with Crippen molar-refractivity contribution in [3.8, 4) is 0 Å². The largest absolute Gasteiger partial charge is 0.480 e. The molecule has 1 aromatic carbocycles. The summed E-state index contributed by atoms with van der Waals surface area (Å²) in [7, 11) is 0. The van der Waals surface area contributed by atoms with Crippen molar-refractivity contribution in [3.05, 3.63) is 35.4 Å². The Hall–Kier alpha value is -1.43. The van der Waals surface area contributed by atoms with Crippen LogP contribution in [0.15, 0.2) is 24.3 Å². The maximum atomic E-state index is 11.1. The lowest BCUT2D eigenvalue weighted by Crippen LogP contribution is -2.31. The van der Waals surface area contributed by atoms with Gasteiger partial charge in [0.25, 0.3) is 0 Å². The minimum atomic E-state index is -0.767. The second kappa shape index (κ2) is 12.9. The first kappa shape index (κ1) is 21.6. The van der Waals surface area contributed by atoms with E-state index in [-0.39, 0.29) is 6.54 Å². The molecule has 5 nitrogen and oxygen atoms in total. The number of carboxylic acids is 1. The van der Waals surface area contributed by atoms with E-state index < -0.39 is 5.97 Å². The lowest BCUT2D eigenvalue weighted by Gasteiger charge is -2.23. The summed E-state index contributed by atoms with van der Waals surface area (Å²) in [6, 6.07) is 8.12. The summed E-state index contributed by atoms with van der Waals surface area (Å²) >= 11 is 0. The van der Waals surface area contributed by atoms with Gasteiger partial charge in [-0.3, -0.25) is 9.69 Å². The molecule has 0 saturated carbocycles. The van der Waals surface area contributed by atoms with Crippen molar-refractivity contribution in [1.29, 1.82) is 0 Å². The molecule has 142 valence electrons. The number of hydrogen-bond acceptors (Lipinski definition) is 4. The molecule has 5 heteroatoms. The normalized spacial score (nSPS) is 11.4. The number of nitrogens with zero attached hydrogens (tertiary/aromatic N) is 2. The van der Waals surface area contributed by atoms with Gasteiger partial charge in [0.05, 0.1) is 6.54 Å². The predicted molar refractivity (Wildman–Crippen MR) is 104 cm³/mol. The van der Waals surface area contributed by atoms with E-state index in [0.717, 1.165) is 50.1 Å². The highest BCUT2D eigenvalue weighted by Gasteiger charge is 2.11. The molecule has 0 amide bonds. The van der Waals surface area contributed by atoms with Crippen LogP contribution >= 0.6 is 0 Å². The zero-order valence-corrected chi connectivity index (χ0v) is 15.9. The molecule has 0 fully saturated rings. The third-order valence-corrected chi connectivity index (χ3v) is 4.30. The first-order chi connectivity index (χ1) is 12.1. The molecule has 1 rings (SSSR count). The molecular formula is C20H35N3O2. The van der Waals surface area contributed by atoms with Crippen LogP contribution in [0.4, 0.5) is 0 Å². The fraction of sp³-hybridized carbons (Fsp3) is 0.650. The molecule has 0 radical (unpaired) electrons. The van der Waals surface area contributed by atoms with E-state index in [1.807, 2.05) is 29.2 Å². The van der Waals surface area contributed by atoms with Crippen molar-refractivity contribution in [2.75, 3.05) is 32.7 Å². The Labute approximate surface area is 152 Å². The van der Waals surface area contributed by atoms with Crippen LogP contribution in [-0.4, -0.2) is 53.6 Å². The number of rotatable bonds is 14. The van der Waals surface area contributed by atoms with Crippen LogP contribution in [0.5, 0.6) is 0 Å². The molecule has 0 heterocycles. The lowest BCUT2D eigenvalue weighted by atomic mass is 10.1. The second-order valence-electron chi connectivity index (χ2n) is 6.67. The maximum absolute atomic E-state index is 11.1. The van der Waals surface area contributed by atoms with Gasteiger partial charge in [0.1, 0.15) is 0 Å². The molecule has 1 aromatic rings. The molecule has 0 aliphatic carbocycles. The van der Waals surface area contributed by atoms with Crippen LogP contribution < -0.4 is 5.73 Å². The van der Waals surface area contributed by atoms with Crippen LogP contribution in [0.3, 0.4) is 0 Å². The van der Waals surface area contributed by atoms with Crippen molar-refractivity contribution < 1.29 is 9.90 Å². The van der Waals surface area contributed by atoms with E-state index in [0.29, 0.717) is 13.1 Å². The van der Waals surface area contributed by atoms with Crippen LogP contribution in [0.25, 0.3) is 0 Å². The first-order valence-corrected chi connectivity index (χ1v) is 9.53. The summed E-state index contributed by atoms with van der Waals surface area (Å²) in [6.45, 7) is 9.95. The van der Waals surface area contributed by atoms with E-state index in [9.17, 15) is 4.79 Å². The van der Waals surface area contributed by atoms with Crippen LogP contribution in [0.1, 0.15) is 50.7 Å². The standard InChI is InChI=1S/C20H35N3O2/c1-3-11-22(12-4-2)13-5-6-14-23(17-20(24)25)16-19-9-7-18(15-21)8-10-19/h7-10H,3-6,11-17,21H2,1-2H3,(H,24,25). The van der Waals surface area contributed by atoms with E-state index in [1.165, 1.54) is 12.8 Å². The third-order valence-electron chi connectivity index (χ3n) is 4.30. The van der Waals surface area contributed by atoms with Crippen molar-refractivity contribution in [3.63, 3.8) is 0 Å². The molecule has 0 saturated heterocycles. The Bertz CT molecular complexity index is 470. The minimum Gasteiger partial charge on any atom is -0.480 e. The molecule has 0 aromatic heterocycles. The number of aliphatic carboxylic acids is 1. The summed E-state index contributed by atoms with van der Waals surface area (Å²) < 4.78 is 0. The molecule has 3 N–H and O–H groups in total. The molecule has 0 aliphatic rings. The molecule has 0 bridgehead atoms. The average Bonchev–Trinajstić information content (AvgIpc) is 2.59. The minimum absolute atomic E-state index is 0.0896. The first-order valence-electron chi connectivity index (χ1n) is 9.53. The van der Waals surface area contributed by atoms with Crippen LogP contribution in [-0.2, 0) is 17.9 Å². The van der Waals surface area contributed by atoms with E-state index in [2.05, 4.69) is 18.7 Å². The average molecular weight is 350 g/mol. The number of carboxylic acid groups (broad SMARTS) is 1. The Kier molecular flexibility index (Phi) is 11.1. The smallest absolute Gasteiger partial charge is 0.317 e. The van der Waals surface area contributed by atoms with Gasteiger partial charge in [-0.1, -0.05) is 38.1 Å². The third kappa shape index (κ3) is 9.58. The summed E-state index contributed by atoms with van der Waals surface area (Å²) in [5, 5.41) is 9.16. The zero-order chi connectivity index (χ0) is 18.5. The van der Waals surface area contributed by atoms with Gasteiger partial charge >= 0.3 is 5.97 Å². The van der Waals surface area contributed by atoms with Gasteiger partial charge in [-0.05, 0) is 63.0 Å². The van der Waals surface area contributed by atoms with E-state index >= 15 is 0 Å². The summed E-state index contributed by atoms with van der Waals surface area (Å²) in [6.07, 6.45) is 4.51. The van der Waals surface area contributed by atoms with E-state index in [1.54, 1.807) is 0 Å². The van der Waals surface area contributed by atoms with E-state index in [4.69, 9.17) is 10.8 Å². The van der Waals surface area contributed by atoms with Gasteiger partial charge in [0, 0.05) is 13.1 Å². The Balaban J connectivity index is 2.45. The summed E-state index contributed by atoms with van der Waals surface area (Å²) in [5.41, 5.74) is 7.86. The number of unbranched alkanes of at least 4 members (excludes halogenated alkanes) is 1. The van der Waals surface area contributed by atoms with Gasteiger partial charge in [0.2, 0.25) is 0 Å². The van der Waals surface area contributed by atoms with Gasteiger partial charge in [0.15, 0.2) is 0 Å². The molecule has 0 aliphatic heterocycles. The molecule has 0 spiro atoms. The summed E-state index contributed by atoms with van der Waals surface area (Å²) in [4.78, 5) is 15.7. The Morgan fingerprint density at radius 3 is 1.92 bits per heavy atom. The quantitative estimate of drug-likeness (QED) is 0.505. The Morgan fingerprint density at radius 1 is 0.920 bits per heavy atom. The predicted octanol–water partition coefficient (Wildman–Crippen LogP) is 2.93. The van der Waals surface area contributed by atoms with Crippen LogP contribution in [0.2, 0.25) is 0 Å². The maximum Gasteiger partial charge on any atom is 0.317 e. The van der Waals surface area contributed by atoms with Gasteiger partial charge in [-0.25, -0.2) is 0 Å². The number of benzene rings is 1. The molecule has 0 atom stereocenters. The number of carbonyl (C=O) groups is 1. The monoisotopic (exact) mass is 349 g/mol. The van der Waals surface area contributed by atoms with Crippen molar-refractivity contribution >= 4 is 5.97 Å². The fourth-order valence-electron chi connectivity index (χ4n) is 3.08. The lowest BCUT2D eigenvalue weighted by molar-refractivity contribution is -0.138. The number of hydrogen-bond donors (Lipinski definition) is 2. The number of nitrogens with two attached hydrogens (primary N) is 1. The van der Waals surface area contributed by atoms with Crippen molar-refractivity contribution in [1.82, 2.24) is 9.80 Å². The van der Waals surface area contributed by atoms with Crippen molar-refractivity contribution in [2.45, 2.75) is 52.6 Å². The topological polar surface area (TPSA) is 69.8 Å². The highest BCUT2D eigenvalue weighted by Crippen LogP contribution is 2.09. The highest BCUT2D eigenvalue weighted by atomic mass is 16.4. The van der Waals surface area contributed by atoms with Gasteiger partial charge < -0.3 is 15.7 Å². The molecule has 25 heavy (non-hydrogen) atoms. The van der Waals surface area contributed by atoms with Gasteiger partial charge in [-0.15, -0.1) is 0 Å². The Morgan fingerprint density at radius 2 is 1.44 bits per heavy atom. The van der Waals surface area contributed by atoms with Crippen molar-refractivity contribution in [2.24, 2.45) is 5.73 Å². The fourth-order valence-corrected chi connectivity index (χ4v) is 3.08.